The lowest BCUT2D eigenvalue weighted by Gasteiger charge is -2.26. The normalized spacial score (nSPS) is 16.4. The fourth-order valence-corrected chi connectivity index (χ4v) is 2.38. The number of esters is 1. The molecule has 0 amide bonds. The summed E-state index contributed by atoms with van der Waals surface area (Å²) in [4.78, 5) is 15.0. The zero-order chi connectivity index (χ0) is 13.0. The molecule has 1 saturated carbocycles. The van der Waals surface area contributed by atoms with Gasteiger partial charge in [0, 0.05) is 6.04 Å². The van der Waals surface area contributed by atoms with Gasteiger partial charge >= 0.3 is 5.97 Å². The number of carbonyl (C=O) groups excluding carboxylic acids is 1. The number of ether oxygens (including phenoxy) is 1. The first-order valence-corrected chi connectivity index (χ1v) is 6.23. The standard InChI is InChI=1S/C11H19N5O2/c1-15-13-10(12-14-15)7-16(8-11(17)18-2)9-5-3-4-6-9/h9H,3-8H2,1-2H3. The minimum Gasteiger partial charge on any atom is -0.468 e. The van der Waals surface area contributed by atoms with E-state index in [1.807, 2.05) is 0 Å². The molecule has 7 heteroatoms. The molecule has 7 nitrogen and oxygen atoms in total. The van der Waals surface area contributed by atoms with Crippen molar-refractivity contribution >= 4 is 5.97 Å². The molecule has 0 N–H and O–H groups in total. The van der Waals surface area contributed by atoms with E-state index in [-0.39, 0.29) is 5.97 Å². The smallest absolute Gasteiger partial charge is 0.319 e. The molecule has 0 spiro atoms. The minimum absolute atomic E-state index is 0.217. The molecule has 1 aliphatic rings. The van der Waals surface area contributed by atoms with Crippen LogP contribution in [-0.4, -0.2) is 50.8 Å². The molecule has 1 aromatic rings. The van der Waals surface area contributed by atoms with Crippen molar-refractivity contribution in [3.05, 3.63) is 5.82 Å². The van der Waals surface area contributed by atoms with Crippen LogP contribution in [0.5, 0.6) is 0 Å². The number of nitrogens with zero attached hydrogens (tertiary/aromatic N) is 5. The lowest BCUT2D eigenvalue weighted by atomic mass is 10.2. The van der Waals surface area contributed by atoms with E-state index in [1.165, 1.54) is 24.7 Å². The molecule has 0 radical (unpaired) electrons. The predicted molar refractivity (Wildman–Crippen MR) is 63.5 cm³/mol. The van der Waals surface area contributed by atoms with Crippen LogP contribution in [0.1, 0.15) is 31.5 Å². The molecule has 0 atom stereocenters. The number of methoxy groups -OCH3 is 1. The highest BCUT2D eigenvalue weighted by Crippen LogP contribution is 2.24. The molecule has 0 bridgehead atoms. The van der Waals surface area contributed by atoms with Crippen LogP contribution in [0.15, 0.2) is 0 Å². The van der Waals surface area contributed by atoms with Gasteiger partial charge in [-0.05, 0) is 18.1 Å². The molecular weight excluding hydrogens is 234 g/mol. The number of carbonyl (C=O) groups is 1. The molecule has 1 heterocycles. The van der Waals surface area contributed by atoms with E-state index in [2.05, 4.69) is 20.3 Å². The Labute approximate surface area is 106 Å². The van der Waals surface area contributed by atoms with Crippen LogP contribution in [0.2, 0.25) is 0 Å². The second kappa shape index (κ2) is 5.90. The Balaban J connectivity index is 2.01. The third-order valence-electron chi connectivity index (χ3n) is 3.30. The maximum atomic E-state index is 11.4. The average Bonchev–Trinajstić information content (AvgIpc) is 2.99. The first-order chi connectivity index (χ1) is 8.69. The average molecular weight is 253 g/mol. The second-order valence-corrected chi connectivity index (χ2v) is 4.61. The van der Waals surface area contributed by atoms with Gasteiger partial charge in [-0.1, -0.05) is 12.8 Å². The van der Waals surface area contributed by atoms with Crippen LogP contribution in [0.4, 0.5) is 0 Å². The van der Waals surface area contributed by atoms with Crippen molar-refractivity contribution in [3.8, 4) is 0 Å². The van der Waals surface area contributed by atoms with Crippen LogP contribution in [-0.2, 0) is 23.1 Å². The number of aromatic nitrogens is 4. The summed E-state index contributed by atoms with van der Waals surface area (Å²) in [5, 5.41) is 11.9. The largest absolute Gasteiger partial charge is 0.468 e. The summed E-state index contributed by atoms with van der Waals surface area (Å²) in [6.45, 7) is 0.840. The van der Waals surface area contributed by atoms with Gasteiger partial charge in [0.1, 0.15) is 0 Å². The van der Waals surface area contributed by atoms with Crippen molar-refractivity contribution in [1.82, 2.24) is 25.1 Å². The second-order valence-electron chi connectivity index (χ2n) is 4.61. The molecule has 0 aromatic carbocycles. The third kappa shape index (κ3) is 3.25. The summed E-state index contributed by atoms with van der Waals surface area (Å²) in [7, 11) is 3.15. The van der Waals surface area contributed by atoms with E-state index < -0.39 is 0 Å². The first kappa shape index (κ1) is 12.9. The van der Waals surface area contributed by atoms with Crippen molar-refractivity contribution in [2.24, 2.45) is 7.05 Å². The van der Waals surface area contributed by atoms with Crippen molar-refractivity contribution in [2.75, 3.05) is 13.7 Å². The van der Waals surface area contributed by atoms with Crippen LogP contribution in [0, 0.1) is 0 Å². The van der Waals surface area contributed by atoms with Gasteiger partial charge in [-0.15, -0.1) is 10.2 Å². The monoisotopic (exact) mass is 253 g/mol. The Bertz CT molecular complexity index is 400. The topological polar surface area (TPSA) is 73.1 Å². The summed E-state index contributed by atoms with van der Waals surface area (Å²) in [6.07, 6.45) is 4.68. The quantitative estimate of drug-likeness (QED) is 0.694. The number of aryl methyl sites for hydroxylation is 1. The van der Waals surface area contributed by atoms with E-state index in [1.54, 1.807) is 7.05 Å². The van der Waals surface area contributed by atoms with Crippen molar-refractivity contribution in [3.63, 3.8) is 0 Å². The Morgan fingerprint density at radius 2 is 2.22 bits per heavy atom. The maximum Gasteiger partial charge on any atom is 0.319 e. The van der Waals surface area contributed by atoms with E-state index in [9.17, 15) is 4.79 Å². The number of hydrogen-bond donors (Lipinski definition) is 0. The molecule has 2 rings (SSSR count). The molecule has 0 saturated heterocycles. The van der Waals surface area contributed by atoms with Gasteiger partial charge < -0.3 is 4.74 Å². The Kier molecular flexibility index (Phi) is 4.24. The van der Waals surface area contributed by atoms with Gasteiger partial charge in [-0.25, -0.2) is 0 Å². The van der Waals surface area contributed by atoms with Gasteiger partial charge in [0.05, 0.1) is 27.2 Å². The fourth-order valence-electron chi connectivity index (χ4n) is 2.38. The molecule has 0 unspecified atom stereocenters. The molecule has 1 aliphatic carbocycles. The summed E-state index contributed by atoms with van der Waals surface area (Å²) < 4.78 is 4.74. The Hall–Kier alpha value is -1.50. The Morgan fingerprint density at radius 1 is 1.50 bits per heavy atom. The van der Waals surface area contributed by atoms with Crippen LogP contribution in [0.25, 0.3) is 0 Å². The van der Waals surface area contributed by atoms with Crippen LogP contribution >= 0.6 is 0 Å². The lowest BCUT2D eigenvalue weighted by Crippen LogP contribution is -2.37. The zero-order valence-electron chi connectivity index (χ0n) is 10.9. The van der Waals surface area contributed by atoms with Gasteiger partial charge in [0.25, 0.3) is 0 Å². The predicted octanol–water partition coefficient (Wildman–Crippen LogP) is 0.128. The van der Waals surface area contributed by atoms with Gasteiger partial charge in [0.15, 0.2) is 5.82 Å². The number of rotatable bonds is 5. The summed E-state index contributed by atoms with van der Waals surface area (Å²) in [6, 6.07) is 0.424. The molecule has 0 aliphatic heterocycles. The van der Waals surface area contributed by atoms with Crippen molar-refractivity contribution in [1.29, 1.82) is 0 Å². The summed E-state index contributed by atoms with van der Waals surface area (Å²) >= 11 is 0. The van der Waals surface area contributed by atoms with Gasteiger partial charge in [0.2, 0.25) is 0 Å². The molecule has 18 heavy (non-hydrogen) atoms. The fraction of sp³-hybridized carbons (Fsp3) is 0.818. The molecule has 1 fully saturated rings. The van der Waals surface area contributed by atoms with Gasteiger partial charge in [-0.3, -0.25) is 9.69 Å². The van der Waals surface area contributed by atoms with Crippen molar-refractivity contribution in [2.45, 2.75) is 38.3 Å². The highest BCUT2D eigenvalue weighted by atomic mass is 16.5. The summed E-state index contributed by atoms with van der Waals surface area (Å²) in [5.74, 6) is 0.430. The van der Waals surface area contributed by atoms with Gasteiger partial charge in [-0.2, -0.15) is 4.80 Å². The molecule has 1 aromatic heterocycles. The van der Waals surface area contributed by atoms with Crippen LogP contribution in [0.3, 0.4) is 0 Å². The SMILES string of the molecule is COC(=O)CN(Cc1nnn(C)n1)C1CCCC1. The van der Waals surface area contributed by atoms with E-state index in [0.717, 1.165) is 12.8 Å². The first-order valence-electron chi connectivity index (χ1n) is 6.23. The third-order valence-corrected chi connectivity index (χ3v) is 3.30. The number of tetrazole rings is 1. The Morgan fingerprint density at radius 3 is 2.78 bits per heavy atom. The zero-order valence-corrected chi connectivity index (χ0v) is 10.9. The lowest BCUT2D eigenvalue weighted by molar-refractivity contribution is -0.142. The molecule has 100 valence electrons. The van der Waals surface area contributed by atoms with Crippen LogP contribution < -0.4 is 0 Å². The highest BCUT2D eigenvalue weighted by Gasteiger charge is 2.25. The highest BCUT2D eigenvalue weighted by molar-refractivity contribution is 5.71. The number of hydrogen-bond acceptors (Lipinski definition) is 6. The van der Waals surface area contributed by atoms with E-state index >= 15 is 0 Å². The maximum absolute atomic E-state index is 11.4. The summed E-state index contributed by atoms with van der Waals surface area (Å²) in [5.41, 5.74) is 0. The van der Waals surface area contributed by atoms with E-state index in [4.69, 9.17) is 4.74 Å². The van der Waals surface area contributed by atoms with Crippen molar-refractivity contribution < 1.29 is 9.53 Å². The van der Waals surface area contributed by atoms with E-state index in [0.29, 0.717) is 25.0 Å². The minimum atomic E-state index is -0.217. The molecular formula is C11H19N5O2.